The molecule has 0 spiro atoms. The molecule has 0 N–H and O–H groups in total. The molecule has 0 amide bonds. The lowest BCUT2D eigenvalue weighted by molar-refractivity contribution is -0.152. The average Bonchev–Trinajstić information content (AvgIpc) is 3.21. The van der Waals surface area contributed by atoms with Gasteiger partial charge < -0.3 is 28.1 Å². The molecule has 1 heterocycles. The number of carbonyl (C=O) groups is 2. The third kappa shape index (κ3) is 14.0. The van der Waals surface area contributed by atoms with E-state index in [0.29, 0.717) is 38.7 Å². The van der Waals surface area contributed by atoms with E-state index in [2.05, 4.69) is 75.2 Å². The fraction of sp³-hybridized carbons (Fsp3) is 0.469. The van der Waals surface area contributed by atoms with Crippen LogP contribution < -0.4 is 10.4 Å². The van der Waals surface area contributed by atoms with Gasteiger partial charge in [0.05, 0.1) is 44.6 Å². The van der Waals surface area contributed by atoms with Gasteiger partial charge in [-0.3, -0.25) is 9.59 Å². The summed E-state index contributed by atoms with van der Waals surface area (Å²) in [4.78, 5) is 25.8. The standard InChI is InChI=1S/C49H64O8Si/c1-9-47(55-36-52-7)38(3)29-28-37(2)30-40(50)22-19-23-41(54-35-39-20-13-10-14-21-39)31-42-32-44(33-43(56-42)34-48(51)53-8)57-58(49(4,5)6,45-24-15-11-16-25-45)46-26-17-12-18-27-46/h1,10-22,24-29,37-38,41-44,47H,23,30-36H2,2-8H3/b22-19+,29-28+/t37-,38-,41-,42-,43-,44+,47-/m0/s1. The van der Waals surface area contributed by atoms with E-state index in [1.54, 1.807) is 13.2 Å². The van der Waals surface area contributed by atoms with Gasteiger partial charge in [-0.25, -0.2) is 0 Å². The lowest BCUT2D eigenvalue weighted by Crippen LogP contribution is -2.68. The predicted molar refractivity (Wildman–Crippen MR) is 233 cm³/mol. The first kappa shape index (κ1) is 46.5. The van der Waals surface area contributed by atoms with Gasteiger partial charge in [0.2, 0.25) is 0 Å². The summed E-state index contributed by atoms with van der Waals surface area (Å²) in [7, 11) is 0.0733. The van der Waals surface area contributed by atoms with Crippen LogP contribution in [0.3, 0.4) is 0 Å². The molecule has 1 fully saturated rings. The van der Waals surface area contributed by atoms with Gasteiger partial charge in [0.15, 0.2) is 5.78 Å². The number of rotatable bonds is 22. The smallest absolute Gasteiger partial charge is 0.308 e. The Morgan fingerprint density at radius 3 is 2.05 bits per heavy atom. The topological polar surface area (TPSA) is 89.5 Å². The molecule has 0 radical (unpaired) electrons. The van der Waals surface area contributed by atoms with Crippen molar-refractivity contribution in [2.75, 3.05) is 21.0 Å². The van der Waals surface area contributed by atoms with Crippen molar-refractivity contribution in [1.29, 1.82) is 0 Å². The van der Waals surface area contributed by atoms with Gasteiger partial charge in [-0.1, -0.05) is 150 Å². The van der Waals surface area contributed by atoms with Gasteiger partial charge in [-0.15, -0.1) is 6.42 Å². The molecular formula is C49H64O8Si. The Labute approximate surface area is 348 Å². The fourth-order valence-corrected chi connectivity index (χ4v) is 12.4. The monoisotopic (exact) mass is 808 g/mol. The average molecular weight is 809 g/mol. The zero-order chi connectivity index (χ0) is 42.0. The molecule has 0 aliphatic carbocycles. The summed E-state index contributed by atoms with van der Waals surface area (Å²) in [5.74, 6) is 2.35. The minimum atomic E-state index is -2.89. The predicted octanol–water partition coefficient (Wildman–Crippen LogP) is 8.37. The minimum Gasteiger partial charge on any atom is -0.469 e. The van der Waals surface area contributed by atoms with Crippen molar-refractivity contribution in [2.45, 2.75) is 115 Å². The highest BCUT2D eigenvalue weighted by atomic mass is 28.4. The van der Waals surface area contributed by atoms with E-state index in [1.807, 2.05) is 74.5 Å². The molecule has 0 unspecified atom stereocenters. The molecule has 3 aromatic carbocycles. The van der Waals surface area contributed by atoms with E-state index in [9.17, 15) is 9.59 Å². The van der Waals surface area contributed by atoms with Crippen LogP contribution in [0.2, 0.25) is 5.04 Å². The largest absolute Gasteiger partial charge is 0.469 e. The number of ketones is 1. The van der Waals surface area contributed by atoms with Crippen LogP contribution >= 0.6 is 0 Å². The van der Waals surface area contributed by atoms with Crippen LogP contribution in [0.1, 0.15) is 78.7 Å². The quantitative estimate of drug-likeness (QED) is 0.0250. The second-order valence-corrected chi connectivity index (χ2v) is 20.6. The van der Waals surface area contributed by atoms with Gasteiger partial charge in [-0.2, -0.15) is 0 Å². The third-order valence-corrected chi connectivity index (χ3v) is 15.7. The zero-order valence-electron chi connectivity index (χ0n) is 35.5. The summed E-state index contributed by atoms with van der Waals surface area (Å²) in [6, 6.07) is 31.3. The van der Waals surface area contributed by atoms with Crippen molar-refractivity contribution < 1.29 is 37.7 Å². The Kier molecular flexibility index (Phi) is 18.8. The number of terminal acetylenes is 1. The molecule has 0 bridgehead atoms. The number of benzene rings is 3. The summed E-state index contributed by atoms with van der Waals surface area (Å²) in [5.41, 5.74) is 1.06. The van der Waals surface area contributed by atoms with Crippen molar-refractivity contribution >= 4 is 30.4 Å². The Morgan fingerprint density at radius 2 is 1.48 bits per heavy atom. The van der Waals surface area contributed by atoms with Gasteiger partial charge in [-0.05, 0) is 52.2 Å². The second kappa shape index (κ2) is 23.4. The Morgan fingerprint density at radius 1 is 0.879 bits per heavy atom. The number of methoxy groups -OCH3 is 2. The molecule has 312 valence electrons. The van der Waals surface area contributed by atoms with Gasteiger partial charge in [0.1, 0.15) is 12.9 Å². The zero-order valence-corrected chi connectivity index (χ0v) is 36.5. The van der Waals surface area contributed by atoms with E-state index in [-0.39, 0.29) is 66.3 Å². The van der Waals surface area contributed by atoms with Crippen molar-refractivity contribution in [1.82, 2.24) is 0 Å². The molecule has 58 heavy (non-hydrogen) atoms. The molecule has 0 aromatic heterocycles. The summed E-state index contributed by atoms with van der Waals surface area (Å²) in [6.45, 7) is 11.4. The number of ether oxygens (including phenoxy) is 5. The highest BCUT2D eigenvalue weighted by molar-refractivity contribution is 6.99. The van der Waals surface area contributed by atoms with Crippen LogP contribution in [0.25, 0.3) is 0 Å². The van der Waals surface area contributed by atoms with Crippen LogP contribution in [-0.2, 0) is 44.3 Å². The second-order valence-electron chi connectivity index (χ2n) is 16.4. The maximum Gasteiger partial charge on any atom is 0.308 e. The van der Waals surface area contributed by atoms with Crippen LogP contribution in [0.5, 0.6) is 0 Å². The van der Waals surface area contributed by atoms with Gasteiger partial charge in [0, 0.05) is 25.9 Å². The lowest BCUT2D eigenvalue weighted by atomic mass is 9.95. The highest BCUT2D eigenvalue weighted by Gasteiger charge is 2.52. The van der Waals surface area contributed by atoms with E-state index in [4.69, 9.17) is 34.5 Å². The normalized spacial score (nSPS) is 19.7. The molecule has 1 aliphatic rings. The molecule has 1 saturated heterocycles. The van der Waals surface area contributed by atoms with Crippen LogP contribution in [0.4, 0.5) is 0 Å². The number of hydrogen-bond acceptors (Lipinski definition) is 8. The van der Waals surface area contributed by atoms with Crippen molar-refractivity contribution in [3.8, 4) is 12.3 Å². The minimum absolute atomic E-state index is 0.0143. The van der Waals surface area contributed by atoms with E-state index < -0.39 is 14.4 Å². The molecule has 4 rings (SSSR count). The van der Waals surface area contributed by atoms with Gasteiger partial charge >= 0.3 is 5.97 Å². The van der Waals surface area contributed by atoms with E-state index in [0.717, 1.165) is 5.56 Å². The first-order valence-corrected chi connectivity index (χ1v) is 22.4. The Bertz CT molecular complexity index is 1730. The Hall–Kier alpha value is -4.14. The van der Waals surface area contributed by atoms with Crippen LogP contribution in [-0.4, -0.2) is 71.6 Å². The van der Waals surface area contributed by atoms with E-state index in [1.165, 1.54) is 17.5 Å². The summed E-state index contributed by atoms with van der Waals surface area (Å²) in [5, 5.41) is 2.19. The summed E-state index contributed by atoms with van der Waals surface area (Å²) >= 11 is 0. The van der Waals surface area contributed by atoms with Crippen molar-refractivity contribution in [2.24, 2.45) is 11.8 Å². The summed E-state index contributed by atoms with van der Waals surface area (Å²) in [6.07, 6.45) is 14.5. The molecule has 7 atom stereocenters. The number of esters is 1. The maximum atomic E-state index is 13.1. The number of allylic oxidation sites excluding steroid dienone is 2. The highest BCUT2D eigenvalue weighted by Crippen LogP contribution is 2.40. The molecular weight excluding hydrogens is 745 g/mol. The number of hydrogen-bond donors (Lipinski definition) is 0. The SMILES string of the molecule is C#C[C@H](OCOC)[C@@H](C)/C=C/[C@H](C)CC(=O)/C=C/C[C@@H](C[C@H]1C[C@@H](O[Si](c2ccccc2)(c2ccccc2)C(C)(C)C)C[C@@H](CC(=O)OC)O1)OCc1ccccc1. The molecule has 8 nitrogen and oxygen atoms in total. The van der Waals surface area contributed by atoms with Crippen LogP contribution in [0.15, 0.2) is 115 Å². The Balaban J connectivity index is 1.54. The van der Waals surface area contributed by atoms with Crippen LogP contribution in [0, 0.1) is 24.2 Å². The summed E-state index contributed by atoms with van der Waals surface area (Å²) < 4.78 is 36.5. The van der Waals surface area contributed by atoms with E-state index >= 15 is 0 Å². The van der Waals surface area contributed by atoms with Crippen molar-refractivity contribution in [3.05, 3.63) is 121 Å². The molecule has 3 aromatic rings. The molecule has 0 saturated carbocycles. The maximum absolute atomic E-state index is 13.1. The lowest BCUT2D eigenvalue weighted by Gasteiger charge is -2.47. The molecule has 1 aliphatic heterocycles. The fourth-order valence-electron chi connectivity index (χ4n) is 7.73. The van der Waals surface area contributed by atoms with Crippen molar-refractivity contribution in [3.63, 3.8) is 0 Å². The third-order valence-electron chi connectivity index (χ3n) is 10.6. The molecule has 9 heteroatoms. The van der Waals surface area contributed by atoms with Gasteiger partial charge in [0.25, 0.3) is 8.32 Å². The number of carbonyl (C=O) groups excluding carboxylic acids is 2. The first-order chi connectivity index (χ1) is 27.9. The first-order valence-electron chi connectivity index (χ1n) is 20.5.